The van der Waals surface area contributed by atoms with E-state index in [1.165, 1.54) is 11.6 Å². The quantitative estimate of drug-likeness (QED) is 0.117. The third-order valence-corrected chi connectivity index (χ3v) is 9.94. The number of benzene rings is 2. The zero-order valence-electron chi connectivity index (χ0n) is 29.1. The summed E-state index contributed by atoms with van der Waals surface area (Å²) in [5.74, 6) is 1.66. The fraction of sp³-hybridized carbons (Fsp3) is 0.615. The third kappa shape index (κ3) is 9.67. The first-order valence-corrected chi connectivity index (χ1v) is 17.5. The van der Waals surface area contributed by atoms with Crippen LogP contribution in [-0.2, 0) is 10.2 Å². The maximum absolute atomic E-state index is 12.1. The summed E-state index contributed by atoms with van der Waals surface area (Å²) < 4.78 is 12.2. The number of aliphatic hydroxyl groups is 1. The van der Waals surface area contributed by atoms with E-state index in [-0.39, 0.29) is 11.0 Å². The topological polar surface area (TPSA) is 74.8 Å². The molecule has 250 valence electrons. The molecule has 0 aliphatic rings. The van der Waals surface area contributed by atoms with Crippen LogP contribution in [0.2, 0.25) is 0 Å². The van der Waals surface area contributed by atoms with Gasteiger partial charge in [-0.2, -0.15) is 0 Å². The summed E-state index contributed by atoms with van der Waals surface area (Å²) in [6.07, 6.45) is 7.09. The standard InChI is InChI=1S/C39H60N2O4/c1-8-18-31(7)41(27-35(42)33-21-23-36(45-10-3)38-34(33)22-24-37(43)40-38)25-16-11-12-17-26-44-28-39(29(4)5,30(6)9-2)32-19-14-13-15-20-32/h13-15,19-24,29-31,35,42H,8-12,16-18,25-28H2,1-7H3,(H,40,43). The van der Waals surface area contributed by atoms with Crippen molar-refractivity contribution in [2.45, 2.75) is 111 Å². The Bertz CT molecular complexity index is 1320. The van der Waals surface area contributed by atoms with Gasteiger partial charge in [-0.3, -0.25) is 9.69 Å². The van der Waals surface area contributed by atoms with Gasteiger partial charge >= 0.3 is 0 Å². The summed E-state index contributed by atoms with van der Waals surface area (Å²) in [5, 5.41) is 12.3. The van der Waals surface area contributed by atoms with Crippen LogP contribution >= 0.6 is 0 Å². The Morgan fingerprint density at radius 3 is 2.31 bits per heavy atom. The largest absolute Gasteiger partial charge is 0.492 e. The first-order valence-electron chi connectivity index (χ1n) is 17.5. The number of aromatic amines is 1. The Morgan fingerprint density at radius 2 is 1.64 bits per heavy atom. The van der Waals surface area contributed by atoms with Gasteiger partial charge in [0, 0.05) is 36.1 Å². The van der Waals surface area contributed by atoms with E-state index in [1.807, 2.05) is 19.1 Å². The lowest BCUT2D eigenvalue weighted by Crippen LogP contribution is -2.43. The Balaban J connectivity index is 1.55. The molecule has 2 aromatic carbocycles. The first kappa shape index (κ1) is 36.8. The second kappa shape index (κ2) is 18.5. The average molecular weight is 621 g/mol. The monoisotopic (exact) mass is 620 g/mol. The van der Waals surface area contributed by atoms with Crippen LogP contribution < -0.4 is 10.3 Å². The molecule has 0 fully saturated rings. The van der Waals surface area contributed by atoms with Crippen molar-refractivity contribution in [1.29, 1.82) is 0 Å². The van der Waals surface area contributed by atoms with Crippen molar-refractivity contribution in [3.63, 3.8) is 0 Å². The molecule has 0 aliphatic carbocycles. The molecule has 1 heterocycles. The molecular weight excluding hydrogens is 560 g/mol. The molecule has 4 unspecified atom stereocenters. The second-order valence-electron chi connectivity index (χ2n) is 13.2. The lowest BCUT2D eigenvalue weighted by Gasteiger charge is -2.43. The molecule has 0 spiro atoms. The number of pyridine rings is 1. The SMILES string of the molecule is CCCC(C)N(CCCCCCOCC(c1ccccc1)(C(C)C)C(C)CC)CC(O)c1ccc(OCC)c2[nH]c(=O)ccc12. The summed E-state index contributed by atoms with van der Waals surface area (Å²) in [6, 6.07) is 18.4. The van der Waals surface area contributed by atoms with Gasteiger partial charge in [0.2, 0.25) is 5.56 Å². The number of aliphatic hydroxyl groups excluding tert-OH is 1. The van der Waals surface area contributed by atoms with E-state index < -0.39 is 6.10 Å². The average Bonchev–Trinajstić information content (AvgIpc) is 3.03. The number of unbranched alkanes of at least 4 members (excludes halogenated alkanes) is 3. The Kier molecular flexibility index (Phi) is 15.1. The number of hydrogen-bond donors (Lipinski definition) is 2. The fourth-order valence-corrected chi connectivity index (χ4v) is 7.03. The van der Waals surface area contributed by atoms with Gasteiger partial charge in [-0.1, -0.05) is 96.7 Å². The van der Waals surface area contributed by atoms with E-state index in [1.54, 1.807) is 6.07 Å². The van der Waals surface area contributed by atoms with E-state index in [2.05, 4.69) is 81.8 Å². The van der Waals surface area contributed by atoms with Gasteiger partial charge in [-0.25, -0.2) is 0 Å². The van der Waals surface area contributed by atoms with Crippen molar-refractivity contribution in [1.82, 2.24) is 9.88 Å². The number of rotatable bonds is 21. The summed E-state index contributed by atoms with van der Waals surface area (Å²) in [6.45, 7) is 19.3. The summed E-state index contributed by atoms with van der Waals surface area (Å²) in [5.41, 5.74) is 2.71. The molecule has 0 amide bonds. The third-order valence-electron chi connectivity index (χ3n) is 9.94. The minimum atomic E-state index is -0.668. The van der Waals surface area contributed by atoms with E-state index in [9.17, 15) is 9.90 Å². The number of fused-ring (bicyclic) bond motifs is 1. The highest BCUT2D eigenvalue weighted by Crippen LogP contribution is 2.41. The van der Waals surface area contributed by atoms with Crippen LogP contribution in [0, 0.1) is 11.8 Å². The number of nitrogens with zero attached hydrogens (tertiary/aromatic N) is 1. The van der Waals surface area contributed by atoms with Gasteiger partial charge in [0.05, 0.1) is 24.8 Å². The summed E-state index contributed by atoms with van der Waals surface area (Å²) in [7, 11) is 0. The minimum absolute atomic E-state index is 0.0245. The van der Waals surface area contributed by atoms with Gasteiger partial charge in [0.15, 0.2) is 0 Å². The smallest absolute Gasteiger partial charge is 0.248 e. The molecule has 1 aromatic heterocycles. The Morgan fingerprint density at radius 1 is 0.911 bits per heavy atom. The van der Waals surface area contributed by atoms with Crippen LogP contribution in [0.5, 0.6) is 5.75 Å². The summed E-state index contributed by atoms with van der Waals surface area (Å²) >= 11 is 0. The van der Waals surface area contributed by atoms with Crippen LogP contribution in [0.15, 0.2) is 59.4 Å². The molecule has 4 atom stereocenters. The number of hydrogen-bond acceptors (Lipinski definition) is 5. The second-order valence-corrected chi connectivity index (χ2v) is 13.2. The predicted octanol–water partition coefficient (Wildman–Crippen LogP) is 8.67. The lowest BCUT2D eigenvalue weighted by molar-refractivity contribution is 0.0297. The van der Waals surface area contributed by atoms with E-state index in [4.69, 9.17) is 9.47 Å². The number of H-pyrrole nitrogens is 1. The highest BCUT2D eigenvalue weighted by atomic mass is 16.5. The Hall–Kier alpha value is -2.67. The van der Waals surface area contributed by atoms with Gasteiger partial charge in [-0.15, -0.1) is 0 Å². The van der Waals surface area contributed by atoms with Crippen molar-refractivity contribution in [3.8, 4) is 5.75 Å². The molecular formula is C39H60N2O4. The maximum atomic E-state index is 12.1. The Labute approximate surface area is 272 Å². The molecule has 3 aromatic rings. The highest BCUT2D eigenvalue weighted by molar-refractivity contribution is 5.87. The summed E-state index contributed by atoms with van der Waals surface area (Å²) in [4.78, 5) is 17.4. The van der Waals surface area contributed by atoms with Crippen LogP contribution in [-0.4, -0.2) is 53.9 Å². The molecule has 6 heteroatoms. The predicted molar refractivity (Wildman–Crippen MR) is 188 cm³/mol. The van der Waals surface area contributed by atoms with E-state index in [0.29, 0.717) is 42.3 Å². The normalized spacial score (nSPS) is 15.3. The fourth-order valence-electron chi connectivity index (χ4n) is 7.03. The van der Waals surface area contributed by atoms with Crippen molar-refractivity contribution in [3.05, 3.63) is 76.1 Å². The molecule has 6 nitrogen and oxygen atoms in total. The van der Waals surface area contributed by atoms with Gasteiger partial charge < -0.3 is 19.6 Å². The van der Waals surface area contributed by atoms with E-state index in [0.717, 1.165) is 75.7 Å². The van der Waals surface area contributed by atoms with Crippen LogP contribution in [0.3, 0.4) is 0 Å². The minimum Gasteiger partial charge on any atom is -0.492 e. The number of ether oxygens (including phenoxy) is 2. The molecule has 2 N–H and O–H groups in total. The number of aromatic nitrogens is 1. The zero-order valence-corrected chi connectivity index (χ0v) is 29.1. The molecule has 0 saturated carbocycles. The van der Waals surface area contributed by atoms with Crippen molar-refractivity contribution >= 4 is 10.9 Å². The molecule has 0 bridgehead atoms. The van der Waals surface area contributed by atoms with E-state index >= 15 is 0 Å². The first-order chi connectivity index (χ1) is 21.7. The van der Waals surface area contributed by atoms with Gasteiger partial charge in [-0.05, 0) is 74.8 Å². The molecule has 0 aliphatic heterocycles. The number of nitrogens with one attached hydrogen (secondary N) is 1. The van der Waals surface area contributed by atoms with Crippen molar-refractivity contribution in [2.75, 3.05) is 32.9 Å². The van der Waals surface area contributed by atoms with Crippen LogP contribution in [0.1, 0.15) is 111 Å². The van der Waals surface area contributed by atoms with Gasteiger partial charge in [0.25, 0.3) is 0 Å². The van der Waals surface area contributed by atoms with Crippen LogP contribution in [0.25, 0.3) is 10.9 Å². The van der Waals surface area contributed by atoms with Crippen LogP contribution in [0.4, 0.5) is 0 Å². The molecule has 45 heavy (non-hydrogen) atoms. The molecule has 0 radical (unpaired) electrons. The van der Waals surface area contributed by atoms with Crippen molar-refractivity contribution < 1.29 is 14.6 Å². The van der Waals surface area contributed by atoms with Crippen molar-refractivity contribution in [2.24, 2.45) is 11.8 Å². The lowest BCUT2D eigenvalue weighted by atomic mass is 9.63. The van der Waals surface area contributed by atoms with Gasteiger partial charge in [0.1, 0.15) is 5.75 Å². The zero-order chi connectivity index (χ0) is 32.8. The molecule has 3 rings (SSSR count). The molecule has 0 saturated heterocycles. The highest BCUT2D eigenvalue weighted by Gasteiger charge is 2.40. The maximum Gasteiger partial charge on any atom is 0.248 e.